The molecule has 0 saturated carbocycles. The molecule has 0 spiro atoms. The molecule has 2 amide bonds. The van der Waals surface area contributed by atoms with Gasteiger partial charge >= 0.3 is 18.0 Å². The first-order chi connectivity index (χ1) is 9.01. The number of hydrogen-bond donors (Lipinski definition) is 3. The Morgan fingerprint density at radius 1 is 1.21 bits per heavy atom. The third kappa shape index (κ3) is 8.87. The number of amides is 2. The summed E-state index contributed by atoms with van der Waals surface area (Å²) in [4.78, 5) is 33.2. The topological polar surface area (TPSA) is 105 Å². The molecule has 0 saturated heterocycles. The quantitative estimate of drug-likeness (QED) is 0.538. The van der Waals surface area contributed by atoms with Gasteiger partial charge in [0, 0.05) is 13.1 Å². The number of carbonyl (C=O) groups is 3. The predicted molar refractivity (Wildman–Crippen MR) is 68.7 cm³/mol. The van der Waals surface area contributed by atoms with Gasteiger partial charge in [-0.1, -0.05) is 13.3 Å². The Morgan fingerprint density at radius 3 is 2.42 bits per heavy atom. The molecule has 0 aliphatic rings. The van der Waals surface area contributed by atoms with Gasteiger partial charge in [-0.25, -0.2) is 4.79 Å². The first-order valence-corrected chi connectivity index (χ1v) is 6.41. The second kappa shape index (κ2) is 10.2. The molecule has 1 atom stereocenters. The molecule has 0 aromatic rings. The van der Waals surface area contributed by atoms with Gasteiger partial charge in [0.05, 0.1) is 18.9 Å². The molecular weight excluding hydrogens is 252 g/mol. The summed E-state index contributed by atoms with van der Waals surface area (Å²) >= 11 is 0. The van der Waals surface area contributed by atoms with Gasteiger partial charge in [-0.2, -0.15) is 0 Å². The van der Waals surface area contributed by atoms with Crippen molar-refractivity contribution in [3.8, 4) is 0 Å². The number of hydrogen-bond acceptors (Lipinski definition) is 4. The van der Waals surface area contributed by atoms with Crippen LogP contribution in [-0.2, 0) is 14.3 Å². The average molecular weight is 274 g/mol. The highest BCUT2D eigenvalue weighted by molar-refractivity contribution is 5.76. The van der Waals surface area contributed by atoms with Crippen molar-refractivity contribution >= 4 is 18.0 Å². The van der Waals surface area contributed by atoms with E-state index in [-0.39, 0.29) is 25.5 Å². The summed E-state index contributed by atoms with van der Waals surface area (Å²) in [7, 11) is 0. The molecule has 0 rings (SSSR count). The second-order valence-electron chi connectivity index (χ2n) is 4.02. The molecule has 1 unspecified atom stereocenters. The predicted octanol–water partition coefficient (Wildman–Crippen LogP) is 0.740. The molecule has 0 heterocycles. The summed E-state index contributed by atoms with van der Waals surface area (Å²) in [6.45, 7) is 4.14. The zero-order valence-corrected chi connectivity index (χ0v) is 11.4. The number of carbonyl (C=O) groups excluding carboxylic acids is 2. The van der Waals surface area contributed by atoms with E-state index >= 15 is 0 Å². The smallest absolute Gasteiger partial charge is 0.314 e. The Labute approximate surface area is 112 Å². The van der Waals surface area contributed by atoms with Gasteiger partial charge in [-0.3, -0.25) is 9.59 Å². The fourth-order valence-electron chi connectivity index (χ4n) is 1.45. The lowest BCUT2D eigenvalue weighted by Crippen LogP contribution is -2.40. The molecule has 0 aliphatic heterocycles. The molecule has 0 aromatic heterocycles. The van der Waals surface area contributed by atoms with Crippen LogP contribution in [0.3, 0.4) is 0 Å². The fraction of sp³-hybridized carbons (Fsp3) is 0.750. The minimum atomic E-state index is -0.923. The number of esters is 1. The van der Waals surface area contributed by atoms with Crippen LogP contribution in [0, 0.1) is 5.92 Å². The van der Waals surface area contributed by atoms with E-state index in [0.29, 0.717) is 13.0 Å². The molecule has 110 valence electrons. The summed E-state index contributed by atoms with van der Waals surface area (Å²) in [5.74, 6) is -1.88. The largest absolute Gasteiger partial charge is 0.481 e. The Bertz CT molecular complexity index is 306. The van der Waals surface area contributed by atoms with E-state index in [1.54, 1.807) is 6.92 Å². The van der Waals surface area contributed by atoms with Crippen LogP contribution < -0.4 is 10.6 Å². The Balaban J connectivity index is 3.79. The van der Waals surface area contributed by atoms with E-state index in [9.17, 15) is 14.4 Å². The number of nitrogens with one attached hydrogen (secondary N) is 2. The van der Waals surface area contributed by atoms with Gasteiger partial charge in [0.25, 0.3) is 0 Å². The van der Waals surface area contributed by atoms with E-state index in [1.165, 1.54) is 0 Å². The first kappa shape index (κ1) is 17.2. The van der Waals surface area contributed by atoms with Crippen LogP contribution in [0.2, 0.25) is 0 Å². The molecule has 3 N–H and O–H groups in total. The van der Waals surface area contributed by atoms with Crippen molar-refractivity contribution in [2.75, 3.05) is 19.7 Å². The van der Waals surface area contributed by atoms with E-state index < -0.39 is 17.9 Å². The van der Waals surface area contributed by atoms with Crippen molar-refractivity contribution in [1.29, 1.82) is 0 Å². The van der Waals surface area contributed by atoms with Crippen molar-refractivity contribution < 1.29 is 24.2 Å². The van der Waals surface area contributed by atoms with Gasteiger partial charge in [0.1, 0.15) is 0 Å². The van der Waals surface area contributed by atoms with Gasteiger partial charge in [-0.15, -0.1) is 0 Å². The zero-order chi connectivity index (χ0) is 14.7. The lowest BCUT2D eigenvalue weighted by Gasteiger charge is -2.12. The number of carboxylic acid groups (broad SMARTS) is 1. The van der Waals surface area contributed by atoms with Crippen LogP contribution in [0.1, 0.15) is 33.1 Å². The van der Waals surface area contributed by atoms with Crippen molar-refractivity contribution in [3.05, 3.63) is 0 Å². The number of aliphatic carboxylic acids is 1. The second-order valence-corrected chi connectivity index (χ2v) is 4.02. The molecular formula is C12H22N2O5. The minimum absolute atomic E-state index is 0.0778. The summed E-state index contributed by atoms with van der Waals surface area (Å²) in [5.41, 5.74) is 0. The maximum absolute atomic E-state index is 11.3. The lowest BCUT2D eigenvalue weighted by molar-refractivity contribution is -0.143. The van der Waals surface area contributed by atoms with Crippen molar-refractivity contribution in [1.82, 2.24) is 10.6 Å². The zero-order valence-electron chi connectivity index (χ0n) is 11.4. The Hall–Kier alpha value is -1.79. The fourth-order valence-corrected chi connectivity index (χ4v) is 1.45. The average Bonchev–Trinajstić information content (AvgIpc) is 2.34. The van der Waals surface area contributed by atoms with E-state index in [0.717, 1.165) is 6.42 Å². The Morgan fingerprint density at radius 2 is 1.89 bits per heavy atom. The monoisotopic (exact) mass is 274 g/mol. The van der Waals surface area contributed by atoms with Gasteiger partial charge in [-0.05, 0) is 13.3 Å². The molecule has 0 bridgehead atoms. The molecule has 0 radical (unpaired) electrons. The van der Waals surface area contributed by atoms with Gasteiger partial charge < -0.3 is 20.5 Å². The molecule has 7 heteroatoms. The minimum Gasteiger partial charge on any atom is -0.481 e. The third-order valence-electron chi connectivity index (χ3n) is 2.42. The van der Waals surface area contributed by atoms with Gasteiger partial charge in [0.15, 0.2) is 0 Å². The van der Waals surface area contributed by atoms with Crippen molar-refractivity contribution in [3.63, 3.8) is 0 Å². The maximum atomic E-state index is 11.3. The van der Waals surface area contributed by atoms with E-state index in [1.807, 2.05) is 6.92 Å². The normalized spacial score (nSPS) is 11.5. The lowest BCUT2D eigenvalue weighted by atomic mass is 10.0. The van der Waals surface area contributed by atoms with Crippen LogP contribution >= 0.6 is 0 Å². The standard InChI is InChI=1S/C12H22N2O5/c1-3-5-9(11(16)17)8-14-12(18)13-7-6-10(15)19-4-2/h9H,3-8H2,1-2H3,(H,16,17)(H2,13,14,18). The van der Waals surface area contributed by atoms with Crippen LogP contribution in [0.4, 0.5) is 4.79 Å². The highest BCUT2D eigenvalue weighted by Crippen LogP contribution is 2.04. The highest BCUT2D eigenvalue weighted by atomic mass is 16.5. The van der Waals surface area contributed by atoms with E-state index in [2.05, 4.69) is 10.6 Å². The van der Waals surface area contributed by atoms with Gasteiger partial charge in [0.2, 0.25) is 0 Å². The highest BCUT2D eigenvalue weighted by Gasteiger charge is 2.16. The SMILES string of the molecule is CCCC(CNC(=O)NCCC(=O)OCC)C(=O)O. The summed E-state index contributed by atoms with van der Waals surface area (Å²) in [6, 6.07) is -0.480. The van der Waals surface area contributed by atoms with Crippen LogP contribution in [0.5, 0.6) is 0 Å². The van der Waals surface area contributed by atoms with Crippen molar-refractivity contribution in [2.45, 2.75) is 33.1 Å². The number of urea groups is 1. The molecule has 0 aliphatic carbocycles. The summed E-state index contributed by atoms with van der Waals surface area (Å²) in [6.07, 6.45) is 1.35. The molecule has 19 heavy (non-hydrogen) atoms. The van der Waals surface area contributed by atoms with Crippen LogP contribution in [-0.4, -0.2) is 42.8 Å². The van der Waals surface area contributed by atoms with Crippen LogP contribution in [0.25, 0.3) is 0 Å². The number of ether oxygens (including phenoxy) is 1. The summed E-state index contributed by atoms with van der Waals surface area (Å²) in [5, 5.41) is 13.8. The van der Waals surface area contributed by atoms with Crippen molar-refractivity contribution in [2.24, 2.45) is 5.92 Å². The maximum Gasteiger partial charge on any atom is 0.314 e. The number of carboxylic acids is 1. The molecule has 0 fully saturated rings. The van der Waals surface area contributed by atoms with Crippen LogP contribution in [0.15, 0.2) is 0 Å². The summed E-state index contributed by atoms with van der Waals surface area (Å²) < 4.78 is 4.70. The molecule has 0 aromatic carbocycles. The molecule has 7 nitrogen and oxygen atoms in total. The third-order valence-corrected chi connectivity index (χ3v) is 2.42. The first-order valence-electron chi connectivity index (χ1n) is 6.41. The number of rotatable bonds is 9. The van der Waals surface area contributed by atoms with E-state index in [4.69, 9.17) is 9.84 Å². The Kier molecular flexibility index (Phi) is 9.20.